The Bertz CT molecular complexity index is 2440. The van der Waals surface area contributed by atoms with E-state index in [2.05, 4.69) is 114 Å². The minimum absolute atomic E-state index is 0.569. The molecule has 0 saturated carbocycles. The molecule has 0 N–H and O–H groups in total. The fourth-order valence-electron chi connectivity index (χ4n) is 6.44. The van der Waals surface area contributed by atoms with Crippen molar-refractivity contribution in [1.29, 1.82) is 0 Å². The van der Waals surface area contributed by atoms with E-state index in [0.717, 1.165) is 60.3 Å². The summed E-state index contributed by atoms with van der Waals surface area (Å²) in [6, 6.07) is 46.2. The van der Waals surface area contributed by atoms with Crippen molar-refractivity contribution in [2.24, 2.45) is 0 Å². The summed E-state index contributed by atoms with van der Waals surface area (Å²) in [7, 11) is 0. The normalized spacial score (nSPS) is 11.5. The van der Waals surface area contributed by atoms with Crippen LogP contribution >= 0.6 is 0 Å². The van der Waals surface area contributed by atoms with Gasteiger partial charge in [-0.15, -0.1) is 0 Å². The molecule has 0 radical (unpaired) electrons. The van der Waals surface area contributed by atoms with Crippen molar-refractivity contribution in [1.82, 2.24) is 24.9 Å². The highest BCUT2D eigenvalue weighted by Crippen LogP contribution is 2.37. The molecule has 0 aliphatic heterocycles. The molecule has 3 aromatic heterocycles. The lowest BCUT2D eigenvalue weighted by atomic mass is 9.96. The third kappa shape index (κ3) is 4.37. The summed E-state index contributed by atoms with van der Waals surface area (Å²) in [6.45, 7) is 0. The number of hydrogen-bond donors (Lipinski definition) is 0. The number of fused-ring (bicyclic) bond motifs is 6. The van der Waals surface area contributed by atoms with Crippen LogP contribution < -0.4 is 0 Å². The van der Waals surface area contributed by atoms with Crippen molar-refractivity contribution in [3.05, 3.63) is 152 Å². The first kappa shape index (κ1) is 26.1. The van der Waals surface area contributed by atoms with Crippen LogP contribution in [-0.4, -0.2) is 24.9 Å². The molecule has 5 heteroatoms. The zero-order valence-electron chi connectivity index (χ0n) is 24.7. The zero-order chi connectivity index (χ0) is 30.5. The maximum atomic E-state index is 5.23. The number of pyridine rings is 2. The van der Waals surface area contributed by atoms with Crippen LogP contribution in [-0.2, 0) is 0 Å². The van der Waals surface area contributed by atoms with E-state index in [1.54, 1.807) is 6.20 Å². The van der Waals surface area contributed by atoms with E-state index in [1.165, 1.54) is 10.8 Å². The molecule has 0 bridgehead atoms. The van der Waals surface area contributed by atoms with E-state index in [9.17, 15) is 0 Å². The molecule has 0 unspecified atom stereocenters. The van der Waals surface area contributed by atoms with Gasteiger partial charge >= 0.3 is 0 Å². The zero-order valence-corrected chi connectivity index (χ0v) is 24.7. The summed E-state index contributed by atoms with van der Waals surface area (Å²) < 4.78 is 0. The van der Waals surface area contributed by atoms with Crippen molar-refractivity contribution in [2.75, 3.05) is 0 Å². The van der Waals surface area contributed by atoms with E-state index in [1.807, 2.05) is 36.7 Å². The second-order valence-electron chi connectivity index (χ2n) is 11.4. The van der Waals surface area contributed by atoms with E-state index < -0.39 is 0 Å². The van der Waals surface area contributed by atoms with Crippen molar-refractivity contribution in [2.45, 2.75) is 0 Å². The average Bonchev–Trinajstić information content (AvgIpc) is 3.14. The van der Waals surface area contributed by atoms with Gasteiger partial charge in [-0.25, -0.2) is 15.0 Å². The van der Waals surface area contributed by atoms with Crippen LogP contribution in [0.25, 0.3) is 88.5 Å². The van der Waals surface area contributed by atoms with Crippen LogP contribution in [0.1, 0.15) is 0 Å². The first-order valence-corrected chi connectivity index (χ1v) is 15.2. The standard InChI is InChI=1S/C41H25N5/c1-3-13-30-26(10-1)22-36(34-17-7-5-15-32(30)34)40-44-39(29-19-20-38(43-25-29)28-12-9-21-42-24-28)45-41(46-40)37-23-27-11-2-4-14-31(27)33-16-6-8-18-35(33)37/h1-25H. The fraction of sp³-hybridized carbons (Fsp3) is 0. The van der Waals surface area contributed by atoms with Crippen LogP contribution in [0.4, 0.5) is 0 Å². The molecule has 0 spiro atoms. The van der Waals surface area contributed by atoms with Crippen LogP contribution in [0.15, 0.2) is 152 Å². The predicted octanol–water partition coefficient (Wildman–Crippen LogP) is 9.94. The maximum Gasteiger partial charge on any atom is 0.165 e. The van der Waals surface area contributed by atoms with Gasteiger partial charge in [-0.2, -0.15) is 0 Å². The number of aromatic nitrogens is 5. The number of rotatable bonds is 4. The molecule has 0 aliphatic carbocycles. The second kappa shape index (κ2) is 10.7. The van der Waals surface area contributed by atoms with Gasteiger partial charge in [0.2, 0.25) is 0 Å². The van der Waals surface area contributed by atoms with Gasteiger partial charge in [0.15, 0.2) is 17.5 Å². The Morgan fingerprint density at radius 1 is 0.370 bits per heavy atom. The Labute approximate surface area is 264 Å². The molecule has 5 nitrogen and oxygen atoms in total. The minimum atomic E-state index is 0.569. The Morgan fingerprint density at radius 3 is 1.41 bits per heavy atom. The second-order valence-corrected chi connectivity index (χ2v) is 11.4. The number of hydrogen-bond acceptors (Lipinski definition) is 5. The highest BCUT2D eigenvalue weighted by molar-refractivity contribution is 6.14. The number of nitrogens with zero attached hydrogens (tertiary/aromatic N) is 5. The minimum Gasteiger partial charge on any atom is -0.264 e. The average molecular weight is 588 g/mol. The van der Waals surface area contributed by atoms with Crippen LogP contribution in [0.2, 0.25) is 0 Å². The quantitative estimate of drug-likeness (QED) is 0.192. The smallest absolute Gasteiger partial charge is 0.165 e. The molecular weight excluding hydrogens is 562 g/mol. The summed E-state index contributed by atoms with van der Waals surface area (Å²) in [4.78, 5) is 24.5. The molecule has 3 heterocycles. The van der Waals surface area contributed by atoms with Gasteiger partial charge in [-0.1, -0.05) is 97.1 Å². The Morgan fingerprint density at radius 2 is 0.891 bits per heavy atom. The van der Waals surface area contributed by atoms with E-state index >= 15 is 0 Å². The van der Waals surface area contributed by atoms with E-state index in [0.29, 0.717) is 17.5 Å². The maximum absolute atomic E-state index is 5.23. The molecule has 6 aromatic carbocycles. The summed E-state index contributed by atoms with van der Waals surface area (Å²) in [6.07, 6.45) is 5.41. The van der Waals surface area contributed by atoms with Gasteiger partial charge in [0, 0.05) is 40.8 Å². The lowest BCUT2D eigenvalue weighted by Crippen LogP contribution is -2.01. The van der Waals surface area contributed by atoms with Gasteiger partial charge in [0.25, 0.3) is 0 Å². The van der Waals surface area contributed by atoms with Crippen LogP contribution in [0, 0.1) is 0 Å². The lowest BCUT2D eigenvalue weighted by Gasteiger charge is -2.14. The summed E-state index contributed by atoms with van der Waals surface area (Å²) >= 11 is 0. The molecule has 0 saturated heterocycles. The van der Waals surface area contributed by atoms with Crippen molar-refractivity contribution < 1.29 is 0 Å². The molecule has 0 aliphatic rings. The predicted molar refractivity (Wildman–Crippen MR) is 187 cm³/mol. The van der Waals surface area contributed by atoms with Gasteiger partial charge in [-0.05, 0) is 79.5 Å². The molecule has 46 heavy (non-hydrogen) atoms. The molecular formula is C41H25N5. The summed E-state index contributed by atoms with van der Waals surface area (Å²) in [5.74, 6) is 1.81. The molecule has 214 valence electrons. The van der Waals surface area contributed by atoms with Gasteiger partial charge in [0.05, 0.1) is 5.69 Å². The van der Waals surface area contributed by atoms with E-state index in [4.69, 9.17) is 19.9 Å². The van der Waals surface area contributed by atoms with Gasteiger partial charge in [0.1, 0.15) is 0 Å². The molecule has 0 atom stereocenters. The molecule has 9 aromatic rings. The SMILES string of the molecule is c1cncc(-c2ccc(-c3nc(-c4cc5ccccc5c5ccccc45)nc(-c4cc5ccccc5c5ccccc45)n3)cn2)c1. The first-order valence-electron chi connectivity index (χ1n) is 15.2. The fourth-order valence-corrected chi connectivity index (χ4v) is 6.44. The topological polar surface area (TPSA) is 64.5 Å². The van der Waals surface area contributed by atoms with Gasteiger partial charge in [-0.3, -0.25) is 9.97 Å². The Hall–Kier alpha value is -6.33. The Kier molecular flexibility index (Phi) is 6.06. The van der Waals surface area contributed by atoms with Crippen molar-refractivity contribution in [3.63, 3.8) is 0 Å². The number of benzene rings is 6. The third-order valence-electron chi connectivity index (χ3n) is 8.63. The third-order valence-corrected chi connectivity index (χ3v) is 8.63. The highest BCUT2D eigenvalue weighted by Gasteiger charge is 2.18. The molecule has 0 fully saturated rings. The van der Waals surface area contributed by atoms with Crippen molar-refractivity contribution >= 4 is 43.1 Å². The molecule has 9 rings (SSSR count). The Balaban J connectivity index is 1.32. The molecule has 0 amide bonds. The van der Waals surface area contributed by atoms with Crippen LogP contribution in [0.5, 0.6) is 0 Å². The largest absolute Gasteiger partial charge is 0.264 e. The first-order chi connectivity index (χ1) is 22.8. The lowest BCUT2D eigenvalue weighted by molar-refractivity contribution is 1.08. The monoisotopic (exact) mass is 587 g/mol. The highest BCUT2D eigenvalue weighted by atomic mass is 15.0. The summed E-state index contributed by atoms with van der Waals surface area (Å²) in [5.41, 5.74) is 4.53. The van der Waals surface area contributed by atoms with E-state index in [-0.39, 0.29) is 0 Å². The van der Waals surface area contributed by atoms with Crippen molar-refractivity contribution in [3.8, 4) is 45.4 Å². The summed E-state index contributed by atoms with van der Waals surface area (Å²) in [5, 5.41) is 9.20. The van der Waals surface area contributed by atoms with Gasteiger partial charge < -0.3 is 0 Å². The van der Waals surface area contributed by atoms with Crippen LogP contribution in [0.3, 0.4) is 0 Å².